The van der Waals surface area contributed by atoms with Crippen LogP contribution in [0.5, 0.6) is 0 Å². The second kappa shape index (κ2) is 19.5. The molecule has 28 heavy (non-hydrogen) atoms. The molecule has 162 valence electrons. The lowest BCUT2D eigenvalue weighted by molar-refractivity contribution is 0.254. The molecule has 0 radical (unpaired) electrons. The molecule has 0 aliphatic rings. The predicted octanol–water partition coefficient (Wildman–Crippen LogP) is 8.42. The fourth-order valence-electron chi connectivity index (χ4n) is 4.05. The van der Waals surface area contributed by atoms with Gasteiger partial charge in [-0.25, -0.2) is 0 Å². The Kier molecular flexibility index (Phi) is 17.6. The van der Waals surface area contributed by atoms with Gasteiger partial charge in [0, 0.05) is 0 Å². The van der Waals surface area contributed by atoms with Crippen LogP contribution in [0, 0.1) is 0 Å². The number of hydrogen-bond acceptors (Lipinski definition) is 1. The highest BCUT2D eigenvalue weighted by molar-refractivity contribution is 5.14. The van der Waals surface area contributed by atoms with Gasteiger partial charge in [-0.3, -0.25) is 0 Å². The highest BCUT2D eigenvalue weighted by atomic mass is 15.1. The molecule has 0 fully saturated rings. The fraction of sp³-hybridized carbons (Fsp3) is 0.778. The molecule has 0 unspecified atom stereocenters. The van der Waals surface area contributed by atoms with Gasteiger partial charge in [-0.2, -0.15) is 0 Å². The quantitative estimate of drug-likeness (QED) is 0.203. The van der Waals surface area contributed by atoms with Crippen LogP contribution < -0.4 is 0 Å². The highest BCUT2D eigenvalue weighted by Crippen LogP contribution is 2.11. The first-order chi connectivity index (χ1) is 13.9. The van der Waals surface area contributed by atoms with E-state index in [2.05, 4.69) is 49.1 Å². The van der Waals surface area contributed by atoms with Crippen molar-refractivity contribution in [2.75, 3.05) is 19.6 Å². The minimum Gasteiger partial charge on any atom is -0.303 e. The van der Waals surface area contributed by atoms with Gasteiger partial charge in [0.25, 0.3) is 0 Å². The summed E-state index contributed by atoms with van der Waals surface area (Å²) in [6.45, 7) is 8.60. The molecule has 0 atom stereocenters. The number of rotatable bonds is 20. The van der Waals surface area contributed by atoms with Gasteiger partial charge in [0.2, 0.25) is 0 Å². The summed E-state index contributed by atoms with van der Waals surface area (Å²) in [6.07, 6.45) is 22.3. The number of aryl methyl sites for hydroxylation is 1. The third kappa shape index (κ3) is 15.1. The topological polar surface area (TPSA) is 3.24 Å². The van der Waals surface area contributed by atoms with Gasteiger partial charge >= 0.3 is 0 Å². The molecule has 1 heteroatoms. The van der Waals surface area contributed by atoms with Crippen molar-refractivity contribution in [3.8, 4) is 0 Å². The van der Waals surface area contributed by atoms with E-state index in [4.69, 9.17) is 0 Å². The summed E-state index contributed by atoms with van der Waals surface area (Å²) in [5.41, 5.74) is 1.50. The van der Waals surface area contributed by atoms with Crippen molar-refractivity contribution in [2.24, 2.45) is 0 Å². The molecule has 0 bridgehead atoms. The first-order valence-electron chi connectivity index (χ1n) is 12.6. The molecule has 1 rings (SSSR count). The lowest BCUT2D eigenvalue weighted by Gasteiger charge is -2.22. The van der Waals surface area contributed by atoms with Crippen LogP contribution in [0.25, 0.3) is 0 Å². The Morgan fingerprint density at radius 3 is 1.43 bits per heavy atom. The molecule has 1 nitrogen and oxygen atoms in total. The first-order valence-corrected chi connectivity index (χ1v) is 12.6. The lowest BCUT2D eigenvalue weighted by Crippen LogP contribution is -2.27. The van der Waals surface area contributed by atoms with Gasteiger partial charge in [0.05, 0.1) is 0 Å². The molecule has 1 aromatic carbocycles. The molecule has 0 amide bonds. The summed E-state index contributed by atoms with van der Waals surface area (Å²) in [6, 6.07) is 11.0. The SMILES string of the molecule is CCCCCCCCN(CCCCCCCC)CCCCCc1ccccc1. The minimum absolute atomic E-state index is 1.25. The maximum absolute atomic E-state index is 2.78. The second-order valence-electron chi connectivity index (χ2n) is 8.67. The van der Waals surface area contributed by atoms with Gasteiger partial charge in [-0.05, 0) is 57.3 Å². The normalized spacial score (nSPS) is 11.4. The summed E-state index contributed by atoms with van der Waals surface area (Å²) >= 11 is 0. The Balaban J connectivity index is 2.15. The van der Waals surface area contributed by atoms with E-state index in [1.54, 1.807) is 0 Å². The zero-order valence-electron chi connectivity index (χ0n) is 19.3. The molecule has 0 heterocycles. The molecule has 0 aromatic heterocycles. The predicted molar refractivity (Wildman–Crippen MR) is 127 cm³/mol. The van der Waals surface area contributed by atoms with Crippen molar-refractivity contribution in [3.63, 3.8) is 0 Å². The smallest absolute Gasteiger partial charge is 0.00187 e. The summed E-state index contributed by atoms with van der Waals surface area (Å²) in [4.78, 5) is 2.78. The Hall–Kier alpha value is -0.820. The van der Waals surface area contributed by atoms with Crippen LogP contribution in [-0.4, -0.2) is 24.5 Å². The average Bonchev–Trinajstić information content (AvgIpc) is 2.73. The summed E-state index contributed by atoms with van der Waals surface area (Å²) in [5, 5.41) is 0. The highest BCUT2D eigenvalue weighted by Gasteiger charge is 2.05. The van der Waals surface area contributed by atoms with Crippen LogP contribution in [-0.2, 0) is 6.42 Å². The Morgan fingerprint density at radius 1 is 0.500 bits per heavy atom. The summed E-state index contributed by atoms with van der Waals surface area (Å²) in [7, 11) is 0. The van der Waals surface area contributed by atoms with E-state index in [1.807, 2.05) is 0 Å². The van der Waals surface area contributed by atoms with Crippen LogP contribution in [0.15, 0.2) is 30.3 Å². The molecule has 0 N–H and O–H groups in total. The number of nitrogens with zero attached hydrogens (tertiary/aromatic N) is 1. The third-order valence-electron chi connectivity index (χ3n) is 5.94. The molecular formula is C27H49N. The van der Waals surface area contributed by atoms with Crippen LogP contribution >= 0.6 is 0 Å². The standard InChI is InChI=1S/C27H49N/c1-3-5-7-9-11-18-24-28(25-19-12-10-8-6-4-2)26-20-14-17-23-27-21-15-13-16-22-27/h13,15-16,21-22H,3-12,14,17-20,23-26H2,1-2H3. The number of benzene rings is 1. The molecule has 0 aliphatic heterocycles. The number of hydrogen-bond donors (Lipinski definition) is 0. The van der Waals surface area contributed by atoms with Crippen molar-refractivity contribution in [2.45, 2.75) is 117 Å². The summed E-state index contributed by atoms with van der Waals surface area (Å²) in [5.74, 6) is 0. The van der Waals surface area contributed by atoms with E-state index in [9.17, 15) is 0 Å². The molecule has 0 saturated carbocycles. The summed E-state index contributed by atoms with van der Waals surface area (Å²) < 4.78 is 0. The minimum atomic E-state index is 1.25. The maximum Gasteiger partial charge on any atom is -0.00187 e. The third-order valence-corrected chi connectivity index (χ3v) is 5.94. The Morgan fingerprint density at radius 2 is 0.929 bits per heavy atom. The van der Waals surface area contributed by atoms with Crippen molar-refractivity contribution in [1.29, 1.82) is 0 Å². The zero-order chi connectivity index (χ0) is 20.1. The average molecular weight is 388 g/mol. The first kappa shape index (κ1) is 25.2. The van der Waals surface area contributed by atoms with Crippen LogP contribution in [0.4, 0.5) is 0 Å². The Bertz CT molecular complexity index is 398. The van der Waals surface area contributed by atoms with Gasteiger partial charge in [-0.1, -0.05) is 115 Å². The van der Waals surface area contributed by atoms with Crippen molar-refractivity contribution in [1.82, 2.24) is 4.90 Å². The van der Waals surface area contributed by atoms with E-state index in [1.165, 1.54) is 128 Å². The Labute approximate surface area is 177 Å². The zero-order valence-corrected chi connectivity index (χ0v) is 19.3. The van der Waals surface area contributed by atoms with E-state index < -0.39 is 0 Å². The monoisotopic (exact) mass is 387 g/mol. The fourth-order valence-corrected chi connectivity index (χ4v) is 4.05. The van der Waals surface area contributed by atoms with Crippen LogP contribution in [0.3, 0.4) is 0 Å². The molecular weight excluding hydrogens is 338 g/mol. The number of unbranched alkanes of at least 4 members (excludes halogenated alkanes) is 12. The maximum atomic E-state index is 2.78. The van der Waals surface area contributed by atoms with Crippen molar-refractivity contribution >= 4 is 0 Å². The second-order valence-corrected chi connectivity index (χ2v) is 8.67. The van der Waals surface area contributed by atoms with Crippen molar-refractivity contribution in [3.05, 3.63) is 35.9 Å². The van der Waals surface area contributed by atoms with E-state index in [0.29, 0.717) is 0 Å². The molecule has 1 aromatic rings. The van der Waals surface area contributed by atoms with Crippen LogP contribution in [0.1, 0.15) is 116 Å². The van der Waals surface area contributed by atoms with Crippen molar-refractivity contribution < 1.29 is 0 Å². The van der Waals surface area contributed by atoms with E-state index >= 15 is 0 Å². The largest absolute Gasteiger partial charge is 0.303 e. The van der Waals surface area contributed by atoms with E-state index in [0.717, 1.165) is 0 Å². The van der Waals surface area contributed by atoms with Gasteiger partial charge < -0.3 is 4.90 Å². The lowest BCUT2D eigenvalue weighted by atomic mass is 10.1. The molecule has 0 saturated heterocycles. The van der Waals surface area contributed by atoms with Gasteiger partial charge in [0.15, 0.2) is 0 Å². The van der Waals surface area contributed by atoms with E-state index in [-0.39, 0.29) is 0 Å². The molecule has 0 spiro atoms. The van der Waals surface area contributed by atoms with Gasteiger partial charge in [0.1, 0.15) is 0 Å². The molecule has 0 aliphatic carbocycles. The van der Waals surface area contributed by atoms with Gasteiger partial charge in [-0.15, -0.1) is 0 Å². The van der Waals surface area contributed by atoms with Crippen LogP contribution in [0.2, 0.25) is 0 Å².